The highest BCUT2D eigenvalue weighted by atomic mass is 16.6. The van der Waals surface area contributed by atoms with Gasteiger partial charge in [-0.15, -0.1) is 0 Å². The number of rotatable bonds is 6. The van der Waals surface area contributed by atoms with Crippen molar-refractivity contribution in [2.75, 3.05) is 18.4 Å². The summed E-state index contributed by atoms with van der Waals surface area (Å²) in [5.74, 6) is 0. The maximum atomic E-state index is 11.8. The molecule has 23 heavy (non-hydrogen) atoms. The molecule has 0 heterocycles. The fraction of sp³-hybridized carbons (Fsp3) is 0.562. The van der Waals surface area contributed by atoms with E-state index in [2.05, 4.69) is 16.0 Å². The first-order chi connectivity index (χ1) is 11.1. The topological polar surface area (TPSA) is 96.3 Å². The van der Waals surface area contributed by atoms with Gasteiger partial charge in [-0.1, -0.05) is 31.7 Å². The number of amides is 2. The molecule has 7 nitrogen and oxygen atoms in total. The number of nitro benzene ring substituents is 1. The molecular formula is C16H24N4O3. The molecule has 1 fully saturated rings. The van der Waals surface area contributed by atoms with E-state index < -0.39 is 4.92 Å². The number of anilines is 1. The lowest BCUT2D eigenvalue weighted by atomic mass is 10.1. The monoisotopic (exact) mass is 320 g/mol. The van der Waals surface area contributed by atoms with Crippen molar-refractivity contribution in [1.82, 2.24) is 10.6 Å². The Morgan fingerprint density at radius 2 is 1.91 bits per heavy atom. The van der Waals surface area contributed by atoms with Crippen molar-refractivity contribution < 1.29 is 9.72 Å². The van der Waals surface area contributed by atoms with Gasteiger partial charge in [0.1, 0.15) is 0 Å². The molecule has 0 atom stereocenters. The molecule has 1 aliphatic rings. The van der Waals surface area contributed by atoms with E-state index in [0.29, 0.717) is 18.3 Å². The van der Waals surface area contributed by atoms with Gasteiger partial charge in [-0.3, -0.25) is 10.1 Å². The second-order valence-electron chi connectivity index (χ2n) is 5.83. The predicted octanol–water partition coefficient (Wildman–Crippen LogP) is 3.03. The Morgan fingerprint density at radius 1 is 1.17 bits per heavy atom. The molecule has 0 aliphatic heterocycles. The number of benzene rings is 1. The standard InChI is InChI=1S/C16H24N4O3/c21-16(19-14-8-5-9-15(12-14)20(22)23)18-11-10-17-13-6-3-1-2-4-7-13/h5,8-9,12-13,17H,1-4,6-7,10-11H2,(H2,18,19,21). The van der Waals surface area contributed by atoms with Crippen molar-refractivity contribution in [1.29, 1.82) is 0 Å². The van der Waals surface area contributed by atoms with Crippen LogP contribution in [0.25, 0.3) is 0 Å². The fourth-order valence-electron chi connectivity index (χ4n) is 2.81. The normalized spacial score (nSPS) is 15.7. The van der Waals surface area contributed by atoms with Crippen LogP contribution in [0.1, 0.15) is 38.5 Å². The van der Waals surface area contributed by atoms with Crippen LogP contribution in [-0.4, -0.2) is 30.1 Å². The van der Waals surface area contributed by atoms with Crippen LogP contribution >= 0.6 is 0 Å². The Bertz CT molecular complexity index is 528. The number of carbonyl (C=O) groups excluding carboxylic acids is 1. The van der Waals surface area contributed by atoms with E-state index >= 15 is 0 Å². The quantitative estimate of drug-likeness (QED) is 0.325. The maximum Gasteiger partial charge on any atom is 0.319 e. The molecular weight excluding hydrogens is 296 g/mol. The van der Waals surface area contributed by atoms with Gasteiger partial charge in [0.25, 0.3) is 5.69 Å². The molecule has 0 unspecified atom stereocenters. The summed E-state index contributed by atoms with van der Waals surface area (Å²) in [6, 6.07) is 6.09. The highest BCUT2D eigenvalue weighted by Crippen LogP contribution is 2.17. The molecule has 126 valence electrons. The number of non-ortho nitro benzene ring substituents is 1. The summed E-state index contributed by atoms with van der Waals surface area (Å²) < 4.78 is 0. The zero-order valence-corrected chi connectivity index (χ0v) is 13.2. The van der Waals surface area contributed by atoms with Crippen LogP contribution in [0.5, 0.6) is 0 Å². The molecule has 2 rings (SSSR count). The Morgan fingerprint density at radius 3 is 2.61 bits per heavy atom. The first kappa shape index (κ1) is 17.2. The molecule has 0 bridgehead atoms. The third kappa shape index (κ3) is 6.23. The fourth-order valence-corrected chi connectivity index (χ4v) is 2.81. The summed E-state index contributed by atoms with van der Waals surface area (Å²) in [6.45, 7) is 1.25. The molecule has 1 aromatic rings. The summed E-state index contributed by atoms with van der Waals surface area (Å²) in [6.07, 6.45) is 7.61. The molecule has 1 saturated carbocycles. The van der Waals surface area contributed by atoms with Crippen molar-refractivity contribution >= 4 is 17.4 Å². The Balaban J connectivity index is 1.66. The van der Waals surface area contributed by atoms with Gasteiger partial charge in [0.2, 0.25) is 0 Å². The molecule has 0 radical (unpaired) electrons. The number of hydrogen-bond acceptors (Lipinski definition) is 4. The minimum Gasteiger partial charge on any atom is -0.337 e. The van der Waals surface area contributed by atoms with E-state index in [9.17, 15) is 14.9 Å². The molecule has 0 spiro atoms. The summed E-state index contributed by atoms with van der Waals surface area (Å²) in [4.78, 5) is 22.0. The van der Waals surface area contributed by atoms with Crippen molar-refractivity contribution in [3.8, 4) is 0 Å². The zero-order valence-electron chi connectivity index (χ0n) is 13.2. The largest absolute Gasteiger partial charge is 0.337 e. The molecule has 3 N–H and O–H groups in total. The number of urea groups is 1. The van der Waals surface area contributed by atoms with Crippen LogP contribution in [-0.2, 0) is 0 Å². The van der Waals surface area contributed by atoms with Gasteiger partial charge in [-0.05, 0) is 18.9 Å². The number of nitro groups is 1. The third-order valence-corrected chi connectivity index (χ3v) is 4.01. The average molecular weight is 320 g/mol. The summed E-state index contributed by atoms with van der Waals surface area (Å²) in [5, 5.41) is 19.5. The predicted molar refractivity (Wildman–Crippen MR) is 89.6 cm³/mol. The third-order valence-electron chi connectivity index (χ3n) is 4.01. The molecule has 7 heteroatoms. The zero-order chi connectivity index (χ0) is 16.5. The maximum absolute atomic E-state index is 11.8. The lowest BCUT2D eigenvalue weighted by Crippen LogP contribution is -2.38. The van der Waals surface area contributed by atoms with Crippen LogP contribution in [0.3, 0.4) is 0 Å². The van der Waals surface area contributed by atoms with Gasteiger partial charge < -0.3 is 16.0 Å². The van der Waals surface area contributed by atoms with Gasteiger partial charge in [-0.2, -0.15) is 0 Å². The first-order valence-electron chi connectivity index (χ1n) is 8.18. The first-order valence-corrected chi connectivity index (χ1v) is 8.18. The van der Waals surface area contributed by atoms with E-state index in [0.717, 1.165) is 6.54 Å². The van der Waals surface area contributed by atoms with Crippen LogP contribution in [0, 0.1) is 10.1 Å². The van der Waals surface area contributed by atoms with Crippen molar-refractivity contribution in [3.05, 3.63) is 34.4 Å². The minimum absolute atomic E-state index is 0.0437. The Kier molecular flexibility index (Phi) is 6.80. The molecule has 1 aromatic carbocycles. The number of nitrogens with zero attached hydrogens (tertiary/aromatic N) is 1. The number of nitrogens with one attached hydrogen (secondary N) is 3. The van der Waals surface area contributed by atoms with Crippen LogP contribution in [0.15, 0.2) is 24.3 Å². The lowest BCUT2D eigenvalue weighted by molar-refractivity contribution is -0.384. The highest BCUT2D eigenvalue weighted by Gasteiger charge is 2.11. The van der Waals surface area contributed by atoms with E-state index in [4.69, 9.17) is 0 Å². The minimum atomic E-state index is -0.486. The van der Waals surface area contributed by atoms with E-state index in [1.165, 1.54) is 50.7 Å². The summed E-state index contributed by atoms with van der Waals surface area (Å²) in [7, 11) is 0. The van der Waals surface area contributed by atoms with Gasteiger partial charge in [0.15, 0.2) is 0 Å². The lowest BCUT2D eigenvalue weighted by Gasteiger charge is -2.16. The molecule has 0 aromatic heterocycles. The van der Waals surface area contributed by atoms with Crippen LogP contribution in [0.2, 0.25) is 0 Å². The average Bonchev–Trinajstić information content (AvgIpc) is 2.80. The molecule has 1 aliphatic carbocycles. The summed E-state index contributed by atoms with van der Waals surface area (Å²) >= 11 is 0. The second kappa shape index (κ2) is 9.09. The highest BCUT2D eigenvalue weighted by molar-refractivity contribution is 5.89. The van der Waals surface area contributed by atoms with Crippen molar-refractivity contribution in [2.24, 2.45) is 0 Å². The van der Waals surface area contributed by atoms with Crippen LogP contribution < -0.4 is 16.0 Å². The van der Waals surface area contributed by atoms with Crippen molar-refractivity contribution in [3.63, 3.8) is 0 Å². The van der Waals surface area contributed by atoms with Gasteiger partial charge >= 0.3 is 6.03 Å². The number of hydrogen-bond donors (Lipinski definition) is 3. The Hall–Kier alpha value is -2.15. The van der Waals surface area contributed by atoms with Crippen LogP contribution in [0.4, 0.5) is 16.2 Å². The van der Waals surface area contributed by atoms with E-state index in [1.807, 2.05) is 0 Å². The van der Waals surface area contributed by atoms with Crippen molar-refractivity contribution in [2.45, 2.75) is 44.6 Å². The summed E-state index contributed by atoms with van der Waals surface area (Å²) in [5.41, 5.74) is 0.367. The molecule has 0 saturated heterocycles. The molecule has 2 amide bonds. The van der Waals surface area contributed by atoms with Gasteiger partial charge in [0.05, 0.1) is 4.92 Å². The smallest absolute Gasteiger partial charge is 0.319 e. The van der Waals surface area contributed by atoms with Gasteiger partial charge in [-0.25, -0.2) is 4.79 Å². The van der Waals surface area contributed by atoms with Gasteiger partial charge in [0, 0.05) is 37.0 Å². The number of carbonyl (C=O) groups is 1. The van der Waals surface area contributed by atoms with E-state index in [-0.39, 0.29) is 11.7 Å². The second-order valence-corrected chi connectivity index (χ2v) is 5.83. The Labute approximate surface area is 136 Å². The van der Waals surface area contributed by atoms with E-state index in [1.54, 1.807) is 12.1 Å². The SMILES string of the molecule is O=C(NCCNC1CCCCCC1)Nc1cccc([N+](=O)[O-])c1.